The van der Waals surface area contributed by atoms with E-state index < -0.39 is 6.29 Å². The number of ether oxygens (including phenoxy) is 2. The SMILES string of the molecule is Cl.Nc1ccc2c(c1)OC(F)(F)O2. The first kappa shape index (κ1) is 9.85. The van der Waals surface area contributed by atoms with E-state index >= 15 is 0 Å². The molecule has 2 N–H and O–H groups in total. The Bertz CT molecular complexity index is 332. The summed E-state index contributed by atoms with van der Waals surface area (Å²) in [6, 6.07) is 4.09. The number of hydrogen-bond donors (Lipinski definition) is 1. The van der Waals surface area contributed by atoms with Gasteiger partial charge in [-0.15, -0.1) is 21.2 Å². The molecule has 0 fully saturated rings. The number of hydrogen-bond acceptors (Lipinski definition) is 3. The van der Waals surface area contributed by atoms with Gasteiger partial charge in [0.05, 0.1) is 0 Å². The first-order chi connectivity index (χ1) is 5.57. The van der Waals surface area contributed by atoms with Crippen molar-refractivity contribution in [2.24, 2.45) is 0 Å². The van der Waals surface area contributed by atoms with Crippen molar-refractivity contribution < 1.29 is 18.3 Å². The zero-order valence-electron chi connectivity index (χ0n) is 6.29. The lowest BCUT2D eigenvalue weighted by Crippen LogP contribution is -2.25. The lowest BCUT2D eigenvalue weighted by atomic mass is 10.3. The highest BCUT2D eigenvalue weighted by Crippen LogP contribution is 2.41. The molecule has 0 aliphatic carbocycles. The van der Waals surface area contributed by atoms with Crippen LogP contribution in [0.15, 0.2) is 18.2 Å². The van der Waals surface area contributed by atoms with Crippen LogP contribution in [0.2, 0.25) is 0 Å². The summed E-state index contributed by atoms with van der Waals surface area (Å²) in [7, 11) is 0. The minimum absolute atomic E-state index is 0. The Morgan fingerprint density at radius 3 is 2.46 bits per heavy atom. The molecule has 72 valence electrons. The maximum atomic E-state index is 12.4. The maximum absolute atomic E-state index is 12.4. The Kier molecular flexibility index (Phi) is 2.21. The molecular weight excluding hydrogens is 204 g/mol. The fraction of sp³-hybridized carbons (Fsp3) is 0.143. The van der Waals surface area contributed by atoms with E-state index in [0.717, 1.165) is 0 Å². The molecule has 0 aromatic heterocycles. The van der Waals surface area contributed by atoms with Crippen molar-refractivity contribution in [3.63, 3.8) is 0 Å². The Morgan fingerprint density at radius 1 is 1.15 bits per heavy atom. The van der Waals surface area contributed by atoms with Crippen molar-refractivity contribution in [1.82, 2.24) is 0 Å². The molecule has 1 aromatic carbocycles. The summed E-state index contributed by atoms with van der Waals surface area (Å²) in [5, 5.41) is 0. The third-order valence-electron chi connectivity index (χ3n) is 1.43. The van der Waals surface area contributed by atoms with Gasteiger partial charge in [-0.3, -0.25) is 0 Å². The lowest BCUT2D eigenvalue weighted by Gasteiger charge is -2.04. The number of fused-ring (bicyclic) bond motifs is 1. The summed E-state index contributed by atoms with van der Waals surface area (Å²) in [6.45, 7) is 0. The number of nitrogens with two attached hydrogens (primary N) is 1. The first-order valence-corrected chi connectivity index (χ1v) is 3.22. The molecule has 0 amide bonds. The van der Waals surface area contributed by atoms with Crippen LogP contribution in [0.25, 0.3) is 0 Å². The minimum atomic E-state index is -3.56. The number of rotatable bonds is 0. The standard InChI is InChI=1S/C7H5F2NO2.ClH/c8-7(9)11-5-2-1-4(10)3-6(5)12-7;/h1-3H,10H2;1H. The largest absolute Gasteiger partial charge is 0.586 e. The van der Waals surface area contributed by atoms with Crippen LogP contribution in [0, 0.1) is 0 Å². The molecule has 6 heteroatoms. The van der Waals surface area contributed by atoms with Crippen LogP contribution < -0.4 is 15.2 Å². The second kappa shape index (κ2) is 2.92. The Balaban J connectivity index is 0.000000845. The van der Waals surface area contributed by atoms with Gasteiger partial charge < -0.3 is 15.2 Å². The Labute approximate surface area is 78.8 Å². The number of halogens is 3. The van der Waals surface area contributed by atoms with Gasteiger partial charge in [0.25, 0.3) is 0 Å². The monoisotopic (exact) mass is 209 g/mol. The predicted octanol–water partition coefficient (Wildman–Crippen LogP) is 2.01. The van der Waals surface area contributed by atoms with Crippen LogP contribution >= 0.6 is 12.4 Å². The van der Waals surface area contributed by atoms with Gasteiger partial charge in [0.1, 0.15) is 0 Å². The summed E-state index contributed by atoms with van der Waals surface area (Å²) >= 11 is 0. The fourth-order valence-electron chi connectivity index (χ4n) is 0.966. The molecule has 0 unspecified atom stereocenters. The average molecular weight is 210 g/mol. The predicted molar refractivity (Wildman–Crippen MR) is 44.3 cm³/mol. The van der Waals surface area contributed by atoms with E-state index in [9.17, 15) is 8.78 Å². The number of anilines is 1. The van der Waals surface area contributed by atoms with Crippen LogP contribution in [0.5, 0.6) is 11.5 Å². The summed E-state index contributed by atoms with van der Waals surface area (Å²) in [6.07, 6.45) is -3.56. The van der Waals surface area contributed by atoms with Gasteiger partial charge in [-0.2, -0.15) is 0 Å². The van der Waals surface area contributed by atoms with Gasteiger partial charge in [0.15, 0.2) is 11.5 Å². The Hall–Kier alpha value is -1.23. The van der Waals surface area contributed by atoms with Crippen LogP contribution in [0.3, 0.4) is 0 Å². The highest BCUT2D eigenvalue weighted by molar-refractivity contribution is 5.85. The van der Waals surface area contributed by atoms with E-state index in [0.29, 0.717) is 5.69 Å². The zero-order chi connectivity index (χ0) is 8.77. The number of benzene rings is 1. The van der Waals surface area contributed by atoms with E-state index in [1.54, 1.807) is 0 Å². The Morgan fingerprint density at radius 2 is 1.77 bits per heavy atom. The van der Waals surface area contributed by atoms with Gasteiger partial charge in [-0.05, 0) is 12.1 Å². The van der Waals surface area contributed by atoms with Gasteiger partial charge in [0, 0.05) is 11.8 Å². The molecule has 0 spiro atoms. The van der Waals surface area contributed by atoms with Crippen molar-refractivity contribution in [2.75, 3.05) is 5.73 Å². The number of alkyl halides is 2. The number of nitrogen functional groups attached to an aromatic ring is 1. The molecule has 0 saturated carbocycles. The molecule has 1 aromatic rings. The normalized spacial score (nSPS) is 16.5. The quantitative estimate of drug-likeness (QED) is 0.665. The summed E-state index contributed by atoms with van der Waals surface area (Å²) < 4.78 is 33.0. The second-order valence-electron chi connectivity index (χ2n) is 2.37. The van der Waals surface area contributed by atoms with Crippen molar-refractivity contribution in [1.29, 1.82) is 0 Å². The minimum Gasteiger partial charge on any atom is -0.399 e. The fourth-order valence-corrected chi connectivity index (χ4v) is 0.966. The smallest absolute Gasteiger partial charge is 0.399 e. The van der Waals surface area contributed by atoms with Crippen molar-refractivity contribution in [3.05, 3.63) is 18.2 Å². The van der Waals surface area contributed by atoms with Gasteiger partial charge >= 0.3 is 6.29 Å². The lowest BCUT2D eigenvalue weighted by molar-refractivity contribution is -0.286. The topological polar surface area (TPSA) is 44.5 Å². The maximum Gasteiger partial charge on any atom is 0.586 e. The first-order valence-electron chi connectivity index (χ1n) is 3.22. The summed E-state index contributed by atoms with van der Waals surface area (Å²) in [4.78, 5) is 0. The molecule has 1 aliphatic heterocycles. The van der Waals surface area contributed by atoms with Gasteiger partial charge in [-0.25, -0.2) is 0 Å². The third kappa shape index (κ3) is 1.75. The van der Waals surface area contributed by atoms with Crippen LogP contribution in [-0.2, 0) is 0 Å². The molecule has 2 rings (SSSR count). The second-order valence-corrected chi connectivity index (χ2v) is 2.37. The molecule has 0 saturated heterocycles. The summed E-state index contributed by atoms with van der Waals surface area (Å²) in [5.74, 6) is -0.0193. The highest BCUT2D eigenvalue weighted by atomic mass is 35.5. The highest BCUT2D eigenvalue weighted by Gasteiger charge is 2.43. The van der Waals surface area contributed by atoms with Crippen molar-refractivity contribution >= 4 is 18.1 Å². The molecule has 0 bridgehead atoms. The molecule has 1 aliphatic rings. The van der Waals surface area contributed by atoms with E-state index in [1.165, 1.54) is 18.2 Å². The molecular formula is C7H6ClF2NO2. The van der Waals surface area contributed by atoms with Crippen molar-refractivity contribution in [2.45, 2.75) is 6.29 Å². The van der Waals surface area contributed by atoms with Crippen LogP contribution in [0.4, 0.5) is 14.5 Å². The average Bonchev–Trinajstić information content (AvgIpc) is 2.21. The van der Waals surface area contributed by atoms with E-state index in [1.807, 2.05) is 0 Å². The molecule has 0 atom stereocenters. The van der Waals surface area contributed by atoms with E-state index in [-0.39, 0.29) is 23.9 Å². The molecule has 3 nitrogen and oxygen atoms in total. The van der Waals surface area contributed by atoms with Crippen LogP contribution in [-0.4, -0.2) is 6.29 Å². The summed E-state index contributed by atoms with van der Waals surface area (Å²) in [5.41, 5.74) is 5.70. The van der Waals surface area contributed by atoms with E-state index in [2.05, 4.69) is 9.47 Å². The van der Waals surface area contributed by atoms with Crippen LogP contribution in [0.1, 0.15) is 0 Å². The van der Waals surface area contributed by atoms with Gasteiger partial charge in [-0.1, -0.05) is 0 Å². The molecule has 0 radical (unpaired) electrons. The third-order valence-corrected chi connectivity index (χ3v) is 1.43. The molecule has 1 heterocycles. The molecule has 13 heavy (non-hydrogen) atoms. The van der Waals surface area contributed by atoms with E-state index in [4.69, 9.17) is 5.73 Å². The van der Waals surface area contributed by atoms with Crippen molar-refractivity contribution in [3.8, 4) is 11.5 Å². The zero-order valence-corrected chi connectivity index (χ0v) is 7.11. The van der Waals surface area contributed by atoms with Gasteiger partial charge in [0.2, 0.25) is 0 Å².